The third kappa shape index (κ3) is 3.83. The van der Waals surface area contributed by atoms with Crippen molar-refractivity contribution in [3.8, 4) is 5.75 Å². The van der Waals surface area contributed by atoms with Gasteiger partial charge in [0.25, 0.3) is 5.91 Å². The van der Waals surface area contributed by atoms with Crippen molar-refractivity contribution in [1.29, 1.82) is 0 Å². The lowest BCUT2D eigenvalue weighted by Crippen LogP contribution is -2.24. The number of esters is 1. The van der Waals surface area contributed by atoms with Crippen LogP contribution < -0.4 is 10.1 Å². The summed E-state index contributed by atoms with van der Waals surface area (Å²) in [6.45, 7) is -0.235. The molecule has 1 N–H and O–H groups in total. The lowest BCUT2D eigenvalue weighted by molar-refractivity contribution is -0.143. The average Bonchev–Trinajstić information content (AvgIpc) is 2.61. The molecule has 1 heterocycles. The molecule has 0 aliphatic carbocycles. The van der Waals surface area contributed by atoms with E-state index in [9.17, 15) is 9.59 Å². The summed E-state index contributed by atoms with van der Waals surface area (Å²) < 4.78 is 11.3. The van der Waals surface area contributed by atoms with Crippen molar-refractivity contribution in [1.82, 2.24) is 0 Å². The molecule has 0 saturated heterocycles. The zero-order chi connectivity index (χ0) is 16.9. The molecule has 0 fully saturated rings. The number of fused-ring (bicyclic) bond motifs is 1. The van der Waals surface area contributed by atoms with Crippen molar-refractivity contribution in [2.24, 2.45) is 0 Å². The predicted octanol–water partition coefficient (Wildman–Crippen LogP) is 3.41. The number of rotatable bonds is 4. The van der Waals surface area contributed by atoms with Gasteiger partial charge >= 0.3 is 5.97 Å². The van der Waals surface area contributed by atoms with Gasteiger partial charge in [-0.1, -0.05) is 30.3 Å². The van der Waals surface area contributed by atoms with Crippen LogP contribution in [0.5, 0.6) is 5.75 Å². The molecule has 1 aliphatic rings. The number of ether oxygens (including phenoxy) is 2. The lowest BCUT2D eigenvalue weighted by Gasteiger charge is -2.16. The highest BCUT2D eigenvalue weighted by molar-refractivity contribution is 9.10. The second kappa shape index (κ2) is 7.31. The number of hydrogen-bond acceptors (Lipinski definition) is 4. The first-order valence-corrected chi connectivity index (χ1v) is 8.06. The van der Waals surface area contributed by atoms with Crippen molar-refractivity contribution in [2.75, 3.05) is 18.5 Å². The highest BCUT2D eigenvalue weighted by Gasteiger charge is 2.19. The average molecular weight is 388 g/mol. The van der Waals surface area contributed by atoms with Gasteiger partial charge in [-0.25, -0.2) is 4.79 Å². The van der Waals surface area contributed by atoms with E-state index in [2.05, 4.69) is 21.2 Å². The second-order valence-electron chi connectivity index (χ2n) is 5.10. The van der Waals surface area contributed by atoms with Gasteiger partial charge in [-0.05, 0) is 40.2 Å². The number of halogens is 1. The Hall–Kier alpha value is -2.60. The Morgan fingerprint density at radius 3 is 2.71 bits per heavy atom. The Morgan fingerprint density at radius 1 is 1.12 bits per heavy atom. The maximum Gasteiger partial charge on any atom is 0.338 e. The fraction of sp³-hybridized carbons (Fsp3) is 0.111. The summed E-state index contributed by atoms with van der Waals surface area (Å²) in [5.74, 6) is -0.250. The van der Waals surface area contributed by atoms with Crippen LogP contribution in [0.4, 0.5) is 5.69 Å². The number of carbonyl (C=O) groups is 2. The van der Waals surface area contributed by atoms with Gasteiger partial charge in [0.15, 0.2) is 6.61 Å². The SMILES string of the molecule is O=C(COC(=O)C1=Cc2ccccc2OC1)Nc1ccccc1Br. The zero-order valence-corrected chi connectivity index (χ0v) is 14.2. The molecule has 2 aromatic rings. The molecule has 24 heavy (non-hydrogen) atoms. The first kappa shape index (κ1) is 16.3. The molecule has 1 aliphatic heterocycles. The quantitative estimate of drug-likeness (QED) is 0.816. The zero-order valence-electron chi connectivity index (χ0n) is 12.6. The van der Waals surface area contributed by atoms with E-state index in [1.807, 2.05) is 36.4 Å². The van der Waals surface area contributed by atoms with Crippen LogP contribution in [0, 0.1) is 0 Å². The molecular weight excluding hydrogens is 374 g/mol. The first-order chi connectivity index (χ1) is 11.6. The van der Waals surface area contributed by atoms with E-state index in [1.165, 1.54) is 0 Å². The molecule has 0 bridgehead atoms. The Kier molecular flexibility index (Phi) is 4.96. The van der Waals surface area contributed by atoms with Gasteiger partial charge in [0.2, 0.25) is 0 Å². The number of nitrogens with one attached hydrogen (secondary N) is 1. The van der Waals surface area contributed by atoms with Crippen molar-refractivity contribution in [3.63, 3.8) is 0 Å². The fourth-order valence-electron chi connectivity index (χ4n) is 2.21. The second-order valence-corrected chi connectivity index (χ2v) is 5.95. The van der Waals surface area contributed by atoms with Gasteiger partial charge in [-0.2, -0.15) is 0 Å². The summed E-state index contributed by atoms with van der Waals surface area (Å²) in [5.41, 5.74) is 1.81. The number of benzene rings is 2. The van der Waals surface area contributed by atoms with Crippen LogP contribution in [-0.2, 0) is 14.3 Å². The minimum atomic E-state index is -0.563. The molecule has 3 rings (SSSR count). The third-order valence-corrected chi connectivity index (χ3v) is 4.07. The largest absolute Gasteiger partial charge is 0.488 e. The molecule has 0 unspecified atom stereocenters. The number of carbonyl (C=O) groups excluding carboxylic acids is 2. The van der Waals surface area contributed by atoms with Crippen molar-refractivity contribution in [3.05, 3.63) is 64.1 Å². The molecule has 0 saturated carbocycles. The summed E-state index contributed by atoms with van der Waals surface area (Å²) in [5, 5.41) is 2.67. The summed E-state index contributed by atoms with van der Waals surface area (Å²) in [6, 6.07) is 14.6. The van der Waals surface area contributed by atoms with E-state index in [-0.39, 0.29) is 13.2 Å². The van der Waals surface area contributed by atoms with Crippen LogP contribution in [0.15, 0.2) is 58.6 Å². The Balaban J connectivity index is 1.57. The van der Waals surface area contributed by atoms with Crippen LogP contribution >= 0.6 is 15.9 Å². The van der Waals surface area contributed by atoms with E-state index in [0.717, 1.165) is 15.8 Å². The van der Waals surface area contributed by atoms with Gasteiger partial charge in [-0.15, -0.1) is 0 Å². The molecule has 0 spiro atoms. The van der Waals surface area contributed by atoms with Crippen molar-refractivity contribution < 1.29 is 19.1 Å². The molecule has 6 heteroatoms. The molecule has 122 valence electrons. The number of amides is 1. The Labute approximate surface area is 147 Å². The molecule has 0 aromatic heterocycles. The first-order valence-electron chi connectivity index (χ1n) is 7.27. The monoisotopic (exact) mass is 387 g/mol. The highest BCUT2D eigenvalue weighted by atomic mass is 79.9. The minimum absolute atomic E-state index is 0.127. The predicted molar refractivity (Wildman–Crippen MR) is 93.6 cm³/mol. The molecule has 0 atom stereocenters. The van der Waals surface area contributed by atoms with Gasteiger partial charge < -0.3 is 14.8 Å². The minimum Gasteiger partial charge on any atom is -0.488 e. The van der Waals surface area contributed by atoms with Gasteiger partial charge in [-0.3, -0.25) is 4.79 Å². The summed E-state index contributed by atoms with van der Waals surface area (Å²) >= 11 is 3.33. The lowest BCUT2D eigenvalue weighted by atomic mass is 10.1. The Bertz CT molecular complexity index is 816. The van der Waals surface area contributed by atoms with Crippen LogP contribution in [-0.4, -0.2) is 25.1 Å². The van der Waals surface area contributed by atoms with Crippen LogP contribution in [0.1, 0.15) is 5.56 Å². The standard InChI is InChI=1S/C18H14BrNO4/c19-14-6-2-3-7-15(14)20-17(21)11-24-18(22)13-9-12-5-1-4-8-16(12)23-10-13/h1-9H,10-11H2,(H,20,21). The molecular formula is C18H14BrNO4. The topological polar surface area (TPSA) is 64.6 Å². The van der Waals surface area contributed by atoms with E-state index in [1.54, 1.807) is 18.2 Å². The van der Waals surface area contributed by atoms with Gasteiger partial charge in [0.05, 0.1) is 11.3 Å². The smallest absolute Gasteiger partial charge is 0.338 e. The van der Waals surface area contributed by atoms with Crippen LogP contribution in [0.3, 0.4) is 0 Å². The molecule has 2 aromatic carbocycles. The summed E-state index contributed by atoms with van der Waals surface area (Å²) in [7, 11) is 0. The van der Waals surface area contributed by atoms with E-state index >= 15 is 0 Å². The number of anilines is 1. The summed E-state index contributed by atoms with van der Waals surface area (Å²) in [4.78, 5) is 24.0. The normalized spacial score (nSPS) is 12.5. The summed E-state index contributed by atoms with van der Waals surface area (Å²) in [6.07, 6.45) is 1.72. The maximum absolute atomic E-state index is 12.1. The maximum atomic E-state index is 12.1. The van der Waals surface area contributed by atoms with E-state index in [0.29, 0.717) is 11.3 Å². The van der Waals surface area contributed by atoms with Crippen LogP contribution in [0.25, 0.3) is 6.08 Å². The van der Waals surface area contributed by atoms with Crippen molar-refractivity contribution in [2.45, 2.75) is 0 Å². The Morgan fingerprint density at radius 2 is 1.88 bits per heavy atom. The van der Waals surface area contributed by atoms with Crippen LogP contribution in [0.2, 0.25) is 0 Å². The number of hydrogen-bond donors (Lipinski definition) is 1. The number of para-hydroxylation sites is 2. The van der Waals surface area contributed by atoms with Crippen molar-refractivity contribution >= 4 is 39.6 Å². The van der Waals surface area contributed by atoms with E-state index in [4.69, 9.17) is 9.47 Å². The van der Waals surface area contributed by atoms with E-state index < -0.39 is 11.9 Å². The fourth-order valence-corrected chi connectivity index (χ4v) is 2.59. The van der Waals surface area contributed by atoms with Gasteiger partial charge in [0, 0.05) is 10.0 Å². The molecule has 0 radical (unpaired) electrons. The molecule has 1 amide bonds. The molecule has 5 nitrogen and oxygen atoms in total. The highest BCUT2D eigenvalue weighted by Crippen LogP contribution is 2.26. The van der Waals surface area contributed by atoms with Gasteiger partial charge in [0.1, 0.15) is 12.4 Å². The third-order valence-electron chi connectivity index (χ3n) is 3.38.